The molecule has 1 N–H and O–H groups in total. The number of imidazole rings is 1. The van der Waals surface area contributed by atoms with Gasteiger partial charge in [-0.05, 0) is 35.9 Å². The summed E-state index contributed by atoms with van der Waals surface area (Å²) >= 11 is 3.42. The van der Waals surface area contributed by atoms with E-state index in [-0.39, 0.29) is 18.4 Å². The van der Waals surface area contributed by atoms with E-state index in [2.05, 4.69) is 21.2 Å². The van der Waals surface area contributed by atoms with Crippen molar-refractivity contribution in [3.63, 3.8) is 0 Å². The molecule has 1 aromatic heterocycles. The van der Waals surface area contributed by atoms with Crippen molar-refractivity contribution < 1.29 is 9.53 Å². The lowest BCUT2D eigenvalue weighted by Gasteiger charge is -2.19. The van der Waals surface area contributed by atoms with Gasteiger partial charge in [0.1, 0.15) is 17.6 Å². The fourth-order valence-corrected chi connectivity index (χ4v) is 3.79. The number of aromatic nitrogens is 2. The minimum atomic E-state index is -0.345. The molecule has 30 heavy (non-hydrogen) atoms. The highest BCUT2D eigenvalue weighted by Gasteiger charge is 2.22. The number of nitrogens with zero attached hydrogens (tertiary/aromatic N) is 2. The van der Waals surface area contributed by atoms with Crippen LogP contribution in [0.25, 0.3) is 11.0 Å². The highest BCUT2D eigenvalue weighted by Crippen LogP contribution is 2.25. The second-order valence-corrected chi connectivity index (χ2v) is 7.90. The van der Waals surface area contributed by atoms with E-state index in [0.29, 0.717) is 6.61 Å². The van der Waals surface area contributed by atoms with E-state index in [0.717, 1.165) is 32.6 Å². The third-order valence-electron chi connectivity index (χ3n) is 4.91. The molecular formula is C24H22BrN3O2. The summed E-state index contributed by atoms with van der Waals surface area (Å²) in [6.45, 7) is 0.298. The maximum absolute atomic E-state index is 12.7. The van der Waals surface area contributed by atoms with Crippen LogP contribution in [-0.2, 0) is 11.8 Å². The van der Waals surface area contributed by atoms with Crippen LogP contribution >= 0.6 is 15.9 Å². The zero-order valence-electron chi connectivity index (χ0n) is 16.6. The summed E-state index contributed by atoms with van der Waals surface area (Å²) in [4.78, 5) is 17.5. The first-order valence-electron chi connectivity index (χ1n) is 9.76. The van der Waals surface area contributed by atoms with Crippen LogP contribution in [-0.4, -0.2) is 22.1 Å². The van der Waals surface area contributed by atoms with Gasteiger partial charge in [0.2, 0.25) is 5.91 Å². The highest BCUT2D eigenvalue weighted by atomic mass is 79.9. The lowest BCUT2D eigenvalue weighted by Crippen LogP contribution is -2.32. The van der Waals surface area contributed by atoms with Crippen molar-refractivity contribution in [1.82, 2.24) is 14.9 Å². The molecule has 0 spiro atoms. The van der Waals surface area contributed by atoms with Crippen LogP contribution in [0.5, 0.6) is 5.75 Å². The Kier molecular flexibility index (Phi) is 6.14. The van der Waals surface area contributed by atoms with E-state index >= 15 is 0 Å². The fraction of sp³-hybridized carbons (Fsp3) is 0.167. The number of aryl methyl sites for hydroxylation is 1. The molecule has 0 radical (unpaired) electrons. The maximum atomic E-state index is 12.7. The van der Waals surface area contributed by atoms with E-state index in [1.54, 1.807) is 0 Å². The number of hydrogen-bond donors (Lipinski definition) is 1. The Morgan fingerprint density at radius 1 is 1.07 bits per heavy atom. The van der Waals surface area contributed by atoms with Crippen molar-refractivity contribution >= 4 is 32.9 Å². The Bertz CT molecular complexity index is 1160. The Labute approximate surface area is 183 Å². The Balaban J connectivity index is 1.52. The third-order valence-corrected chi connectivity index (χ3v) is 5.41. The number of hydrogen-bond acceptors (Lipinski definition) is 3. The highest BCUT2D eigenvalue weighted by molar-refractivity contribution is 9.10. The van der Waals surface area contributed by atoms with Gasteiger partial charge in [-0.2, -0.15) is 0 Å². The molecule has 4 aromatic rings. The molecule has 6 heteroatoms. The molecule has 4 rings (SSSR count). The summed E-state index contributed by atoms with van der Waals surface area (Å²) in [5.41, 5.74) is 2.92. The molecule has 0 aliphatic carbocycles. The largest absolute Gasteiger partial charge is 0.493 e. The van der Waals surface area contributed by atoms with Crippen molar-refractivity contribution in [3.8, 4) is 5.75 Å². The van der Waals surface area contributed by atoms with Gasteiger partial charge in [-0.1, -0.05) is 64.5 Å². The standard InChI is InChI=1S/C24H22BrN3O2/c1-28-21-13-6-5-12-20(21)26-24(28)23(17-8-3-2-4-9-17)27-22(29)14-15-30-19-11-7-10-18(25)16-19/h2-13,16,23H,14-15H2,1H3,(H,27,29). The predicted molar refractivity (Wildman–Crippen MR) is 121 cm³/mol. The maximum Gasteiger partial charge on any atom is 0.224 e. The number of amides is 1. The van der Waals surface area contributed by atoms with Gasteiger partial charge in [0.25, 0.3) is 0 Å². The molecule has 0 fully saturated rings. The molecule has 0 aliphatic rings. The molecule has 0 bridgehead atoms. The van der Waals surface area contributed by atoms with Crippen molar-refractivity contribution in [2.24, 2.45) is 7.05 Å². The Morgan fingerprint density at radius 2 is 1.83 bits per heavy atom. The first kappa shape index (κ1) is 20.2. The molecule has 5 nitrogen and oxygen atoms in total. The van der Waals surface area contributed by atoms with Crippen molar-refractivity contribution in [2.45, 2.75) is 12.5 Å². The van der Waals surface area contributed by atoms with Gasteiger partial charge in [0.15, 0.2) is 0 Å². The topological polar surface area (TPSA) is 56.2 Å². The third kappa shape index (κ3) is 4.54. The first-order chi connectivity index (χ1) is 14.6. The molecule has 0 aliphatic heterocycles. The molecule has 152 valence electrons. The van der Waals surface area contributed by atoms with Crippen LogP contribution in [0.4, 0.5) is 0 Å². The molecular weight excluding hydrogens is 442 g/mol. The van der Waals surface area contributed by atoms with Crippen LogP contribution < -0.4 is 10.1 Å². The van der Waals surface area contributed by atoms with Crippen molar-refractivity contribution in [3.05, 3.63) is 94.7 Å². The number of nitrogens with one attached hydrogen (secondary N) is 1. The summed E-state index contributed by atoms with van der Waals surface area (Å²) in [7, 11) is 1.98. The molecule has 1 heterocycles. The minimum Gasteiger partial charge on any atom is -0.493 e. The number of ether oxygens (including phenoxy) is 1. The fourth-order valence-electron chi connectivity index (χ4n) is 3.42. The van der Waals surface area contributed by atoms with Gasteiger partial charge in [0.05, 0.1) is 24.1 Å². The van der Waals surface area contributed by atoms with Gasteiger partial charge in [-0.3, -0.25) is 4.79 Å². The smallest absolute Gasteiger partial charge is 0.224 e. The summed E-state index contributed by atoms with van der Waals surface area (Å²) in [5, 5.41) is 3.14. The van der Waals surface area contributed by atoms with Crippen LogP contribution in [0.2, 0.25) is 0 Å². The van der Waals surface area contributed by atoms with E-state index in [4.69, 9.17) is 9.72 Å². The van der Waals surface area contributed by atoms with E-state index < -0.39 is 0 Å². The zero-order chi connectivity index (χ0) is 20.9. The lowest BCUT2D eigenvalue weighted by molar-refractivity contribution is -0.122. The molecule has 0 saturated carbocycles. The summed E-state index contributed by atoms with van der Waals surface area (Å²) in [6.07, 6.45) is 0.250. The first-order valence-corrected chi connectivity index (χ1v) is 10.5. The van der Waals surface area contributed by atoms with Crippen molar-refractivity contribution in [1.29, 1.82) is 0 Å². The van der Waals surface area contributed by atoms with E-state index in [1.165, 1.54) is 0 Å². The van der Waals surface area contributed by atoms with Crippen LogP contribution in [0.15, 0.2) is 83.3 Å². The van der Waals surface area contributed by atoms with Gasteiger partial charge in [-0.15, -0.1) is 0 Å². The number of benzene rings is 3. The number of fused-ring (bicyclic) bond motifs is 1. The number of carbonyl (C=O) groups excluding carboxylic acids is 1. The average molecular weight is 464 g/mol. The molecule has 1 amide bonds. The molecule has 0 saturated heterocycles. The second-order valence-electron chi connectivity index (χ2n) is 6.98. The summed E-state index contributed by atoms with van der Waals surface area (Å²) in [5.74, 6) is 1.43. The average Bonchev–Trinajstić information content (AvgIpc) is 3.09. The second kappa shape index (κ2) is 9.13. The number of carbonyl (C=O) groups is 1. The molecule has 3 aromatic carbocycles. The summed E-state index contributed by atoms with van der Waals surface area (Å²) in [6, 6.07) is 25.1. The Morgan fingerprint density at radius 3 is 2.60 bits per heavy atom. The normalized spacial score (nSPS) is 11.9. The van der Waals surface area contributed by atoms with Gasteiger partial charge in [-0.25, -0.2) is 4.98 Å². The van der Waals surface area contributed by atoms with Crippen molar-refractivity contribution in [2.75, 3.05) is 6.61 Å². The summed E-state index contributed by atoms with van der Waals surface area (Å²) < 4.78 is 8.68. The zero-order valence-corrected chi connectivity index (χ0v) is 18.2. The van der Waals surface area contributed by atoms with Crippen LogP contribution in [0, 0.1) is 0 Å². The lowest BCUT2D eigenvalue weighted by atomic mass is 10.1. The minimum absolute atomic E-state index is 0.0918. The van der Waals surface area contributed by atoms with E-state index in [1.807, 2.05) is 90.5 Å². The number of rotatable bonds is 7. The predicted octanol–water partition coefficient (Wildman–Crippen LogP) is 5.01. The Hall–Kier alpha value is -3.12. The SMILES string of the molecule is Cn1c(C(NC(=O)CCOc2cccc(Br)c2)c2ccccc2)nc2ccccc21. The molecule has 1 atom stereocenters. The van der Waals surface area contributed by atoms with Gasteiger partial charge < -0.3 is 14.6 Å². The number of halogens is 1. The van der Waals surface area contributed by atoms with Crippen LogP contribution in [0.1, 0.15) is 23.9 Å². The quantitative estimate of drug-likeness (QED) is 0.419. The number of para-hydroxylation sites is 2. The molecule has 1 unspecified atom stereocenters. The van der Waals surface area contributed by atoms with Gasteiger partial charge in [0, 0.05) is 11.5 Å². The van der Waals surface area contributed by atoms with E-state index in [9.17, 15) is 4.79 Å². The monoisotopic (exact) mass is 463 g/mol. The van der Waals surface area contributed by atoms with Crippen LogP contribution in [0.3, 0.4) is 0 Å². The van der Waals surface area contributed by atoms with Gasteiger partial charge >= 0.3 is 0 Å².